The molecule has 2 aromatic rings. The molecule has 1 saturated heterocycles. The molecular weight excluding hydrogens is 368 g/mol. The minimum Gasteiger partial charge on any atom is -0.270 e. The molecule has 0 radical (unpaired) electrons. The summed E-state index contributed by atoms with van der Waals surface area (Å²) in [6.45, 7) is 8.54. The summed E-state index contributed by atoms with van der Waals surface area (Å²) in [7, 11) is 1.67. The van der Waals surface area contributed by atoms with E-state index < -0.39 is 6.04 Å². The molecule has 0 N–H and O–H groups in total. The van der Waals surface area contributed by atoms with Crippen molar-refractivity contribution < 1.29 is 14.2 Å². The average molecular weight is 393 g/mol. The van der Waals surface area contributed by atoms with Crippen molar-refractivity contribution in [1.29, 1.82) is 0 Å². The number of benzene rings is 1. The van der Waals surface area contributed by atoms with E-state index >= 15 is 0 Å². The highest BCUT2D eigenvalue weighted by Gasteiger charge is 2.52. The van der Waals surface area contributed by atoms with Crippen LogP contribution in [0.1, 0.15) is 29.4 Å². The molecule has 0 spiro atoms. The summed E-state index contributed by atoms with van der Waals surface area (Å²) in [5, 5.41) is 4.58. The zero-order valence-corrected chi connectivity index (χ0v) is 17.4. The third kappa shape index (κ3) is 2.95. The number of aryl methyl sites for hydroxylation is 3. The van der Waals surface area contributed by atoms with Gasteiger partial charge in [-0.2, -0.15) is 0 Å². The first-order valence-corrected chi connectivity index (χ1v) is 9.72. The molecule has 3 amide bonds. The number of imide groups is 1. The Hall–Kier alpha value is -3.29. The molecule has 1 fully saturated rings. The van der Waals surface area contributed by atoms with Crippen molar-refractivity contribution in [3.8, 4) is 0 Å². The maximum Gasteiger partial charge on any atom is 0.421 e. The predicted molar refractivity (Wildman–Crippen MR) is 109 cm³/mol. The van der Waals surface area contributed by atoms with Crippen LogP contribution in [0, 0.1) is 20.8 Å². The molecule has 8 heteroatoms. The average Bonchev–Trinajstić information content (AvgIpc) is 3.22. The van der Waals surface area contributed by atoms with Gasteiger partial charge in [0.25, 0.3) is 5.91 Å². The van der Waals surface area contributed by atoms with E-state index in [1.54, 1.807) is 18.7 Å². The van der Waals surface area contributed by atoms with Crippen molar-refractivity contribution in [2.45, 2.75) is 40.3 Å². The van der Waals surface area contributed by atoms with E-state index in [4.69, 9.17) is 4.99 Å². The molecule has 2 aliphatic heterocycles. The van der Waals surface area contributed by atoms with Gasteiger partial charge in [0.15, 0.2) is 0 Å². The summed E-state index contributed by atoms with van der Waals surface area (Å²) in [4.78, 5) is 33.4. The van der Waals surface area contributed by atoms with Gasteiger partial charge in [-0.3, -0.25) is 14.6 Å². The lowest BCUT2D eigenvalue weighted by Crippen LogP contribution is -2.62. The van der Waals surface area contributed by atoms with E-state index in [2.05, 4.69) is 5.10 Å². The zero-order chi connectivity index (χ0) is 20.9. The van der Waals surface area contributed by atoms with Crippen LogP contribution in [-0.4, -0.2) is 67.5 Å². The van der Waals surface area contributed by atoms with Crippen molar-refractivity contribution in [3.05, 3.63) is 52.8 Å². The topological polar surface area (TPSA) is 73.8 Å². The SMILES string of the molecule is CCN1C(=O)C2C(=NC(n3nc(C)cc3C)=[N+]2Cc2ccccc2C)N(C)C1=O. The Morgan fingerprint density at radius 1 is 1.14 bits per heavy atom. The van der Waals surface area contributed by atoms with Crippen LogP contribution >= 0.6 is 0 Å². The molecule has 1 aromatic carbocycles. The van der Waals surface area contributed by atoms with Gasteiger partial charge < -0.3 is 0 Å². The fourth-order valence-electron chi connectivity index (χ4n) is 3.93. The van der Waals surface area contributed by atoms with Crippen LogP contribution in [-0.2, 0) is 11.3 Å². The summed E-state index contributed by atoms with van der Waals surface area (Å²) >= 11 is 0. The highest BCUT2D eigenvalue weighted by atomic mass is 16.2. The van der Waals surface area contributed by atoms with Crippen LogP contribution in [0.5, 0.6) is 0 Å². The molecule has 0 bridgehead atoms. The van der Waals surface area contributed by atoms with E-state index in [0.29, 0.717) is 24.9 Å². The Labute approximate surface area is 169 Å². The van der Waals surface area contributed by atoms with Crippen molar-refractivity contribution in [1.82, 2.24) is 19.6 Å². The summed E-state index contributed by atoms with van der Waals surface area (Å²) in [5.41, 5.74) is 4.02. The molecule has 150 valence electrons. The number of amides is 3. The van der Waals surface area contributed by atoms with E-state index in [0.717, 1.165) is 22.5 Å². The second-order valence-corrected chi connectivity index (χ2v) is 7.49. The molecule has 1 unspecified atom stereocenters. The standard InChI is InChI=1S/C21H25N6O2/c1-6-25-19(28)17-18(24(5)21(25)29)22-20(27-15(4)11-14(3)23-27)26(17)12-16-10-8-7-9-13(16)2/h7-11,17H,6,12H2,1-5H3/q+1. The number of amidine groups is 1. The highest BCUT2D eigenvalue weighted by Crippen LogP contribution is 2.23. The Kier molecular flexibility index (Phi) is 4.56. The summed E-state index contributed by atoms with van der Waals surface area (Å²) in [6.07, 6.45) is 0. The minimum absolute atomic E-state index is 0.250. The maximum absolute atomic E-state index is 13.3. The van der Waals surface area contributed by atoms with Gasteiger partial charge >= 0.3 is 12.0 Å². The largest absolute Gasteiger partial charge is 0.421 e. The molecule has 0 aliphatic carbocycles. The smallest absolute Gasteiger partial charge is 0.270 e. The lowest BCUT2D eigenvalue weighted by atomic mass is 10.1. The number of aliphatic imine (C=N–C) groups is 1. The van der Waals surface area contributed by atoms with E-state index in [1.165, 1.54) is 9.80 Å². The van der Waals surface area contributed by atoms with Crippen LogP contribution in [0.2, 0.25) is 0 Å². The number of urea groups is 1. The van der Waals surface area contributed by atoms with E-state index in [9.17, 15) is 9.59 Å². The summed E-state index contributed by atoms with van der Waals surface area (Å²) in [6, 6.07) is 9.04. The van der Waals surface area contributed by atoms with Crippen LogP contribution in [0.25, 0.3) is 0 Å². The number of nitrogens with zero attached hydrogens (tertiary/aromatic N) is 6. The lowest BCUT2D eigenvalue weighted by Gasteiger charge is -2.33. The van der Waals surface area contributed by atoms with E-state index in [-0.39, 0.29) is 11.9 Å². The second kappa shape index (κ2) is 6.95. The van der Waals surface area contributed by atoms with E-state index in [1.807, 2.05) is 55.7 Å². The Bertz CT molecular complexity index is 1080. The first-order valence-electron chi connectivity index (χ1n) is 9.72. The third-order valence-corrected chi connectivity index (χ3v) is 5.51. The van der Waals surface area contributed by atoms with Crippen LogP contribution < -0.4 is 0 Å². The molecule has 3 heterocycles. The van der Waals surface area contributed by atoms with Gasteiger partial charge in [-0.25, -0.2) is 9.37 Å². The lowest BCUT2D eigenvalue weighted by molar-refractivity contribution is -0.553. The van der Waals surface area contributed by atoms with Gasteiger partial charge in [0.05, 0.1) is 12.2 Å². The number of carbonyl (C=O) groups excluding carboxylic acids is 2. The molecule has 8 nitrogen and oxygen atoms in total. The number of carbonyl (C=O) groups is 2. The summed E-state index contributed by atoms with van der Waals surface area (Å²) in [5.74, 6) is 0.755. The van der Waals surface area contributed by atoms with Crippen molar-refractivity contribution in [2.24, 2.45) is 4.99 Å². The fraction of sp³-hybridized carbons (Fsp3) is 0.381. The summed E-state index contributed by atoms with van der Waals surface area (Å²) < 4.78 is 3.70. The number of hydrogen-bond acceptors (Lipinski definition) is 4. The molecule has 1 aromatic heterocycles. The number of aromatic nitrogens is 2. The number of hydrogen-bond donors (Lipinski definition) is 0. The normalized spacial score (nSPS) is 19.2. The number of likely N-dealkylation sites (N-methyl/N-ethyl adjacent to an activating group) is 2. The predicted octanol–water partition coefficient (Wildman–Crippen LogP) is 1.92. The third-order valence-electron chi connectivity index (χ3n) is 5.51. The fourth-order valence-corrected chi connectivity index (χ4v) is 3.93. The quantitative estimate of drug-likeness (QED) is 0.748. The molecular formula is C21H25N6O2+. The van der Waals surface area contributed by atoms with Crippen molar-refractivity contribution in [3.63, 3.8) is 0 Å². The van der Waals surface area contributed by atoms with Gasteiger partial charge in [0, 0.05) is 13.6 Å². The van der Waals surface area contributed by atoms with Gasteiger partial charge in [-0.1, -0.05) is 29.3 Å². The van der Waals surface area contributed by atoms with Crippen LogP contribution in [0.3, 0.4) is 0 Å². The maximum atomic E-state index is 13.3. The molecule has 29 heavy (non-hydrogen) atoms. The second-order valence-electron chi connectivity index (χ2n) is 7.49. The van der Waals surface area contributed by atoms with Gasteiger partial charge in [0.1, 0.15) is 5.69 Å². The Balaban J connectivity index is 1.90. The molecule has 1 atom stereocenters. The minimum atomic E-state index is -0.656. The molecule has 4 rings (SSSR count). The number of fused-ring (bicyclic) bond motifs is 1. The first kappa shape index (κ1) is 19.0. The van der Waals surface area contributed by atoms with Crippen molar-refractivity contribution in [2.75, 3.05) is 13.6 Å². The molecule has 2 aliphatic rings. The Morgan fingerprint density at radius 2 is 1.86 bits per heavy atom. The number of rotatable bonds is 3. The van der Waals surface area contributed by atoms with Gasteiger partial charge in [-0.05, 0) is 44.9 Å². The Morgan fingerprint density at radius 3 is 2.48 bits per heavy atom. The zero-order valence-electron chi connectivity index (χ0n) is 17.4. The van der Waals surface area contributed by atoms with Crippen LogP contribution in [0.4, 0.5) is 4.79 Å². The van der Waals surface area contributed by atoms with Crippen molar-refractivity contribution >= 4 is 23.7 Å². The van der Waals surface area contributed by atoms with Crippen LogP contribution in [0.15, 0.2) is 35.3 Å². The molecule has 0 saturated carbocycles. The highest BCUT2D eigenvalue weighted by molar-refractivity contribution is 6.22. The van der Waals surface area contributed by atoms with Gasteiger partial charge in [-0.15, -0.1) is 9.78 Å². The monoisotopic (exact) mass is 393 g/mol. The van der Waals surface area contributed by atoms with Gasteiger partial charge in [0.2, 0.25) is 11.9 Å². The first-order chi connectivity index (χ1) is 13.8.